The summed E-state index contributed by atoms with van der Waals surface area (Å²) in [7, 11) is 0. The first-order valence-electron chi connectivity index (χ1n) is 11.0. The van der Waals surface area contributed by atoms with Crippen LogP contribution in [-0.4, -0.2) is 20.7 Å². The molecule has 1 N–H and O–H groups in total. The number of amides is 1. The summed E-state index contributed by atoms with van der Waals surface area (Å²) in [5.41, 5.74) is 1.64. The fraction of sp³-hybridized carbons (Fsp3) is 0.375. The standard InChI is InChI=1S/C24H25Cl2FN4OS/c25-18-8-11-21(20(26)13-18)31-22(14-28-23(32)12-7-16-3-1-2-4-16)29-30-24(31)33-15-17-5-9-19(27)10-6-17/h5-6,8-11,13,16H,1-4,7,12,14-15H2,(H,28,32). The Kier molecular flexibility index (Phi) is 8.28. The predicted octanol–water partition coefficient (Wildman–Crippen LogP) is 6.59. The predicted molar refractivity (Wildman–Crippen MR) is 130 cm³/mol. The second-order valence-corrected chi connectivity index (χ2v) is 10.00. The summed E-state index contributed by atoms with van der Waals surface area (Å²) in [6.45, 7) is 0.243. The first-order valence-corrected chi connectivity index (χ1v) is 12.8. The summed E-state index contributed by atoms with van der Waals surface area (Å²) < 4.78 is 15.1. The van der Waals surface area contributed by atoms with Crippen LogP contribution in [0.4, 0.5) is 4.39 Å². The van der Waals surface area contributed by atoms with Crippen molar-refractivity contribution in [2.24, 2.45) is 5.92 Å². The molecule has 2 aromatic carbocycles. The largest absolute Gasteiger partial charge is 0.349 e. The monoisotopic (exact) mass is 506 g/mol. The summed E-state index contributed by atoms with van der Waals surface area (Å²) in [5, 5.41) is 13.2. The van der Waals surface area contributed by atoms with Gasteiger partial charge in [-0.25, -0.2) is 4.39 Å². The molecule has 33 heavy (non-hydrogen) atoms. The van der Waals surface area contributed by atoms with Crippen LogP contribution in [0.3, 0.4) is 0 Å². The molecule has 174 valence electrons. The molecule has 1 aliphatic carbocycles. The highest BCUT2D eigenvalue weighted by molar-refractivity contribution is 7.98. The van der Waals surface area contributed by atoms with Gasteiger partial charge in [-0.1, -0.05) is 72.8 Å². The van der Waals surface area contributed by atoms with Gasteiger partial charge < -0.3 is 5.32 Å². The molecule has 0 saturated heterocycles. The van der Waals surface area contributed by atoms with E-state index in [1.165, 1.54) is 49.6 Å². The number of hydrogen-bond donors (Lipinski definition) is 1. The van der Waals surface area contributed by atoms with Gasteiger partial charge in [0, 0.05) is 17.2 Å². The molecule has 4 rings (SSSR count). The lowest BCUT2D eigenvalue weighted by Crippen LogP contribution is -2.25. The van der Waals surface area contributed by atoms with E-state index in [2.05, 4.69) is 15.5 Å². The van der Waals surface area contributed by atoms with E-state index in [0.717, 1.165) is 12.0 Å². The number of thioether (sulfide) groups is 1. The van der Waals surface area contributed by atoms with Crippen LogP contribution in [0.5, 0.6) is 0 Å². The Morgan fingerprint density at radius 2 is 1.88 bits per heavy atom. The molecule has 0 aliphatic heterocycles. The van der Waals surface area contributed by atoms with Gasteiger partial charge in [0.15, 0.2) is 11.0 Å². The third kappa shape index (κ3) is 6.49. The molecule has 1 aliphatic rings. The molecule has 0 atom stereocenters. The van der Waals surface area contributed by atoms with E-state index in [1.54, 1.807) is 30.3 Å². The Hall–Kier alpha value is -2.09. The lowest BCUT2D eigenvalue weighted by atomic mass is 10.0. The van der Waals surface area contributed by atoms with Crippen molar-refractivity contribution in [3.05, 3.63) is 69.7 Å². The Morgan fingerprint density at radius 1 is 1.12 bits per heavy atom. The molecule has 1 aromatic heterocycles. The Labute approximate surface area is 207 Å². The van der Waals surface area contributed by atoms with Gasteiger partial charge in [0.25, 0.3) is 0 Å². The second-order valence-electron chi connectivity index (χ2n) is 8.21. The van der Waals surface area contributed by atoms with Crippen molar-refractivity contribution < 1.29 is 9.18 Å². The number of nitrogens with zero attached hydrogens (tertiary/aromatic N) is 3. The van der Waals surface area contributed by atoms with Crippen molar-refractivity contribution in [3.8, 4) is 5.69 Å². The van der Waals surface area contributed by atoms with Crippen molar-refractivity contribution in [2.45, 2.75) is 56.0 Å². The van der Waals surface area contributed by atoms with Crippen molar-refractivity contribution in [2.75, 3.05) is 0 Å². The van der Waals surface area contributed by atoms with E-state index in [0.29, 0.717) is 44.8 Å². The van der Waals surface area contributed by atoms with E-state index in [-0.39, 0.29) is 18.3 Å². The Bertz CT molecular complexity index is 1100. The highest BCUT2D eigenvalue weighted by Gasteiger charge is 2.19. The maximum absolute atomic E-state index is 13.2. The number of hydrogen-bond acceptors (Lipinski definition) is 4. The highest BCUT2D eigenvalue weighted by Crippen LogP contribution is 2.31. The van der Waals surface area contributed by atoms with Gasteiger partial charge in [0.05, 0.1) is 17.3 Å². The molecule has 0 radical (unpaired) electrons. The van der Waals surface area contributed by atoms with Crippen LogP contribution < -0.4 is 5.32 Å². The number of halogens is 3. The number of benzene rings is 2. The minimum atomic E-state index is -0.272. The van der Waals surface area contributed by atoms with Crippen molar-refractivity contribution >= 4 is 40.9 Å². The maximum atomic E-state index is 13.2. The van der Waals surface area contributed by atoms with Crippen molar-refractivity contribution in [1.29, 1.82) is 0 Å². The first kappa shape index (κ1) is 24.0. The van der Waals surface area contributed by atoms with Gasteiger partial charge in [0.1, 0.15) is 5.82 Å². The van der Waals surface area contributed by atoms with E-state index in [9.17, 15) is 9.18 Å². The average molecular weight is 507 g/mol. The number of nitrogens with one attached hydrogen (secondary N) is 1. The molecule has 1 fully saturated rings. The topological polar surface area (TPSA) is 59.8 Å². The molecule has 9 heteroatoms. The molecular weight excluding hydrogens is 482 g/mol. The molecule has 5 nitrogen and oxygen atoms in total. The molecule has 3 aromatic rings. The maximum Gasteiger partial charge on any atom is 0.220 e. The van der Waals surface area contributed by atoms with Gasteiger partial charge >= 0.3 is 0 Å². The Balaban J connectivity index is 1.49. The van der Waals surface area contributed by atoms with Crippen LogP contribution in [-0.2, 0) is 17.1 Å². The summed E-state index contributed by atoms with van der Waals surface area (Å²) in [5.74, 6) is 1.57. The number of aromatic nitrogens is 3. The van der Waals surface area contributed by atoms with Crippen LogP contribution in [0, 0.1) is 11.7 Å². The third-order valence-electron chi connectivity index (χ3n) is 5.83. The molecule has 1 saturated carbocycles. The fourth-order valence-corrected chi connectivity index (χ4v) is 5.45. The summed E-state index contributed by atoms with van der Waals surface area (Å²) in [6.07, 6.45) is 6.45. The second kappa shape index (κ2) is 11.4. The van der Waals surface area contributed by atoms with Gasteiger partial charge in [-0.2, -0.15) is 0 Å². The van der Waals surface area contributed by atoms with E-state index >= 15 is 0 Å². The molecule has 0 unspecified atom stereocenters. The summed E-state index contributed by atoms with van der Waals surface area (Å²) >= 11 is 14.0. The highest BCUT2D eigenvalue weighted by atomic mass is 35.5. The van der Waals surface area contributed by atoms with Crippen molar-refractivity contribution in [3.63, 3.8) is 0 Å². The summed E-state index contributed by atoms with van der Waals surface area (Å²) in [4.78, 5) is 12.4. The molecule has 1 amide bonds. The lowest BCUT2D eigenvalue weighted by Gasteiger charge is -2.13. The summed E-state index contributed by atoms with van der Waals surface area (Å²) in [6, 6.07) is 11.6. The fourth-order valence-electron chi connectivity index (χ4n) is 4.04. The number of carbonyl (C=O) groups excluding carboxylic acids is 1. The lowest BCUT2D eigenvalue weighted by molar-refractivity contribution is -0.121. The van der Waals surface area contributed by atoms with Crippen LogP contribution in [0.2, 0.25) is 10.0 Å². The number of carbonyl (C=O) groups is 1. The third-order valence-corrected chi connectivity index (χ3v) is 7.37. The number of rotatable bonds is 9. The molecule has 0 spiro atoms. The zero-order valence-electron chi connectivity index (χ0n) is 18.1. The Morgan fingerprint density at radius 3 is 2.61 bits per heavy atom. The van der Waals surface area contributed by atoms with E-state index < -0.39 is 0 Å². The van der Waals surface area contributed by atoms with Gasteiger partial charge in [0.2, 0.25) is 5.91 Å². The van der Waals surface area contributed by atoms with Gasteiger partial charge in [-0.05, 0) is 48.2 Å². The smallest absolute Gasteiger partial charge is 0.220 e. The minimum Gasteiger partial charge on any atom is -0.349 e. The average Bonchev–Trinajstić information content (AvgIpc) is 3.46. The van der Waals surface area contributed by atoms with Gasteiger partial charge in [-0.15, -0.1) is 10.2 Å². The van der Waals surface area contributed by atoms with Crippen LogP contribution in [0.1, 0.15) is 49.9 Å². The zero-order valence-corrected chi connectivity index (χ0v) is 20.4. The zero-order chi connectivity index (χ0) is 23.2. The van der Waals surface area contributed by atoms with E-state index in [1.807, 2.05) is 4.57 Å². The minimum absolute atomic E-state index is 0.0131. The normalized spacial score (nSPS) is 14.0. The SMILES string of the molecule is O=C(CCC1CCCC1)NCc1nnc(SCc2ccc(F)cc2)n1-c1ccc(Cl)cc1Cl. The van der Waals surface area contributed by atoms with Gasteiger partial charge in [-0.3, -0.25) is 9.36 Å². The van der Waals surface area contributed by atoms with Crippen LogP contribution >= 0.6 is 35.0 Å². The first-order chi connectivity index (χ1) is 16.0. The molecular formula is C24H25Cl2FN4OS. The molecule has 0 bridgehead atoms. The van der Waals surface area contributed by atoms with Crippen LogP contribution in [0.25, 0.3) is 5.69 Å². The molecule has 1 heterocycles. The quantitative estimate of drug-likeness (QED) is 0.332. The van der Waals surface area contributed by atoms with E-state index in [4.69, 9.17) is 23.2 Å². The van der Waals surface area contributed by atoms with Crippen molar-refractivity contribution in [1.82, 2.24) is 20.1 Å². The van der Waals surface area contributed by atoms with Crippen LogP contribution in [0.15, 0.2) is 47.6 Å².